The number of benzene rings is 1. The van der Waals surface area contributed by atoms with Crippen molar-refractivity contribution in [3.05, 3.63) is 47.5 Å². The van der Waals surface area contributed by atoms with Gasteiger partial charge in [-0.1, -0.05) is 41.6 Å². The van der Waals surface area contributed by atoms with Crippen molar-refractivity contribution in [2.75, 3.05) is 0 Å². The Morgan fingerprint density at radius 1 is 1.06 bits per heavy atom. The summed E-state index contributed by atoms with van der Waals surface area (Å²) >= 11 is 6.60. The lowest BCUT2D eigenvalue weighted by Gasteiger charge is -2.11. The first-order valence-electron chi connectivity index (χ1n) is 4.79. The summed E-state index contributed by atoms with van der Waals surface area (Å²) in [7, 11) is 0. The summed E-state index contributed by atoms with van der Waals surface area (Å²) in [6, 6.07) is 8.61. The highest BCUT2D eigenvalue weighted by Crippen LogP contribution is 2.40. The summed E-state index contributed by atoms with van der Waals surface area (Å²) in [5.41, 5.74) is -1.02. The normalized spacial score (nSPS) is 11.6. The van der Waals surface area contributed by atoms with Crippen LogP contribution in [0.2, 0.25) is 5.15 Å². The molecule has 94 valence electrons. The number of hydrogen-bond acceptors (Lipinski definition) is 3. The van der Waals surface area contributed by atoms with Gasteiger partial charge in [0, 0.05) is 4.90 Å². The molecule has 18 heavy (non-hydrogen) atoms. The van der Waals surface area contributed by atoms with Crippen LogP contribution in [0.3, 0.4) is 0 Å². The van der Waals surface area contributed by atoms with Crippen molar-refractivity contribution < 1.29 is 13.2 Å². The molecule has 0 spiro atoms. The first kappa shape index (κ1) is 13.2. The van der Waals surface area contributed by atoms with Crippen molar-refractivity contribution in [2.24, 2.45) is 0 Å². The summed E-state index contributed by atoms with van der Waals surface area (Å²) in [5, 5.41) is -0.203. The predicted octanol–water partition coefficient (Wildman–Crippen LogP) is 4.30. The Morgan fingerprint density at radius 2 is 1.72 bits per heavy atom. The molecule has 0 saturated carbocycles. The molecule has 1 heterocycles. The zero-order valence-electron chi connectivity index (χ0n) is 8.78. The van der Waals surface area contributed by atoms with Gasteiger partial charge in [0.2, 0.25) is 0 Å². The van der Waals surface area contributed by atoms with Gasteiger partial charge in [0.15, 0.2) is 5.69 Å². The molecule has 0 N–H and O–H groups in total. The molecule has 1 aromatic carbocycles. The number of halogens is 4. The Balaban J connectivity index is 2.44. The van der Waals surface area contributed by atoms with E-state index in [-0.39, 0.29) is 10.0 Å². The van der Waals surface area contributed by atoms with E-state index in [1.165, 1.54) is 0 Å². The van der Waals surface area contributed by atoms with Gasteiger partial charge in [-0.15, -0.1) is 0 Å². The fraction of sp³-hybridized carbons (Fsp3) is 0.0909. The van der Waals surface area contributed by atoms with Crippen LogP contribution in [0, 0.1) is 0 Å². The molecule has 2 aromatic rings. The Kier molecular flexibility index (Phi) is 3.77. The van der Waals surface area contributed by atoms with Crippen molar-refractivity contribution in [3.63, 3.8) is 0 Å². The number of alkyl halides is 3. The quantitative estimate of drug-likeness (QED) is 0.771. The first-order chi connectivity index (χ1) is 8.48. The van der Waals surface area contributed by atoms with Gasteiger partial charge in [-0.25, -0.2) is 9.97 Å². The average molecular weight is 291 g/mol. The van der Waals surface area contributed by atoms with Gasteiger partial charge in [-0.05, 0) is 12.1 Å². The van der Waals surface area contributed by atoms with Gasteiger partial charge in [-0.2, -0.15) is 13.2 Å². The lowest BCUT2D eigenvalue weighted by atomic mass is 10.4. The molecule has 2 nitrogen and oxygen atoms in total. The van der Waals surface area contributed by atoms with Crippen LogP contribution >= 0.6 is 23.4 Å². The lowest BCUT2D eigenvalue weighted by Crippen LogP contribution is -2.10. The fourth-order valence-electron chi connectivity index (χ4n) is 1.25. The maximum Gasteiger partial charge on any atom is 0.434 e. The standard InChI is InChI=1S/C11H6ClF3N2S/c12-10-8(18-7-4-2-1-3-5-7)9(11(13,14)15)16-6-17-10/h1-6H. The second kappa shape index (κ2) is 5.16. The summed E-state index contributed by atoms with van der Waals surface area (Å²) in [5.74, 6) is 0. The van der Waals surface area contributed by atoms with Crippen LogP contribution in [0.4, 0.5) is 13.2 Å². The molecule has 0 bridgehead atoms. The predicted molar refractivity (Wildman–Crippen MR) is 62.6 cm³/mol. The van der Waals surface area contributed by atoms with Crippen molar-refractivity contribution in [1.29, 1.82) is 0 Å². The smallest absolute Gasteiger partial charge is 0.231 e. The van der Waals surface area contributed by atoms with Crippen LogP contribution in [-0.2, 0) is 6.18 Å². The number of nitrogens with zero attached hydrogens (tertiary/aromatic N) is 2. The van der Waals surface area contributed by atoms with Crippen molar-refractivity contribution in [3.8, 4) is 0 Å². The zero-order valence-corrected chi connectivity index (χ0v) is 10.4. The Hall–Kier alpha value is -1.27. The van der Waals surface area contributed by atoms with E-state index >= 15 is 0 Å². The molecule has 0 atom stereocenters. The van der Waals surface area contributed by atoms with E-state index in [1.54, 1.807) is 30.3 Å². The van der Waals surface area contributed by atoms with E-state index in [1.807, 2.05) is 0 Å². The highest BCUT2D eigenvalue weighted by molar-refractivity contribution is 7.99. The average Bonchev–Trinajstić information content (AvgIpc) is 2.32. The van der Waals surface area contributed by atoms with E-state index in [2.05, 4.69) is 9.97 Å². The zero-order chi connectivity index (χ0) is 13.2. The molecule has 0 unspecified atom stereocenters. The van der Waals surface area contributed by atoms with Crippen LogP contribution in [0.25, 0.3) is 0 Å². The van der Waals surface area contributed by atoms with Crippen LogP contribution in [0.5, 0.6) is 0 Å². The molecule has 0 radical (unpaired) electrons. The summed E-state index contributed by atoms with van der Waals surface area (Å²) < 4.78 is 38.3. The molecule has 0 fully saturated rings. The third-order valence-corrected chi connectivity index (χ3v) is 3.49. The van der Waals surface area contributed by atoms with Gasteiger partial charge in [-0.3, -0.25) is 0 Å². The number of aromatic nitrogens is 2. The van der Waals surface area contributed by atoms with Crippen molar-refractivity contribution in [2.45, 2.75) is 16.0 Å². The van der Waals surface area contributed by atoms with Crippen molar-refractivity contribution in [1.82, 2.24) is 9.97 Å². The van der Waals surface area contributed by atoms with E-state index in [4.69, 9.17) is 11.6 Å². The maximum atomic E-state index is 12.8. The minimum absolute atomic E-state index is 0.183. The molecule has 2 rings (SSSR count). The highest BCUT2D eigenvalue weighted by Gasteiger charge is 2.37. The van der Waals surface area contributed by atoms with Crippen LogP contribution in [-0.4, -0.2) is 9.97 Å². The molecular weight excluding hydrogens is 285 g/mol. The third kappa shape index (κ3) is 2.94. The largest absolute Gasteiger partial charge is 0.434 e. The van der Waals surface area contributed by atoms with Gasteiger partial charge in [0.25, 0.3) is 0 Å². The molecule has 0 saturated heterocycles. The Bertz CT molecular complexity index is 546. The molecule has 0 aliphatic rings. The first-order valence-corrected chi connectivity index (χ1v) is 5.98. The monoisotopic (exact) mass is 290 g/mol. The van der Waals surface area contributed by atoms with Gasteiger partial charge >= 0.3 is 6.18 Å². The second-order valence-corrected chi connectivity index (χ2v) is 4.70. The SMILES string of the molecule is FC(F)(F)c1ncnc(Cl)c1Sc1ccccc1. The Morgan fingerprint density at radius 3 is 2.33 bits per heavy atom. The summed E-state index contributed by atoms with van der Waals surface area (Å²) in [6.07, 6.45) is -3.75. The van der Waals surface area contributed by atoms with Crippen LogP contribution in [0.1, 0.15) is 5.69 Å². The summed E-state index contributed by atoms with van der Waals surface area (Å²) in [4.78, 5) is 7.30. The fourth-order valence-corrected chi connectivity index (χ4v) is 2.43. The molecule has 0 aliphatic carbocycles. The maximum absolute atomic E-state index is 12.8. The highest BCUT2D eigenvalue weighted by atomic mass is 35.5. The Labute approximate surface area is 110 Å². The van der Waals surface area contributed by atoms with Gasteiger partial charge in [0.05, 0.1) is 4.90 Å². The molecule has 0 amide bonds. The van der Waals surface area contributed by atoms with E-state index < -0.39 is 11.9 Å². The minimum Gasteiger partial charge on any atom is -0.231 e. The van der Waals surface area contributed by atoms with E-state index in [9.17, 15) is 13.2 Å². The van der Waals surface area contributed by atoms with Crippen LogP contribution in [0.15, 0.2) is 46.5 Å². The second-order valence-electron chi connectivity index (χ2n) is 3.26. The topological polar surface area (TPSA) is 25.8 Å². The molecule has 1 aromatic heterocycles. The van der Waals surface area contributed by atoms with Crippen LogP contribution < -0.4 is 0 Å². The van der Waals surface area contributed by atoms with E-state index in [0.29, 0.717) is 4.90 Å². The van der Waals surface area contributed by atoms with E-state index in [0.717, 1.165) is 18.1 Å². The molecule has 0 aliphatic heterocycles. The lowest BCUT2D eigenvalue weighted by molar-refractivity contribution is -0.143. The van der Waals surface area contributed by atoms with Gasteiger partial charge in [0.1, 0.15) is 11.5 Å². The molecule has 7 heteroatoms. The molecular formula is C11H6ClF3N2S. The van der Waals surface area contributed by atoms with Crippen molar-refractivity contribution >= 4 is 23.4 Å². The van der Waals surface area contributed by atoms with Gasteiger partial charge < -0.3 is 0 Å². The number of rotatable bonds is 2. The number of hydrogen-bond donors (Lipinski definition) is 0. The summed E-state index contributed by atoms with van der Waals surface area (Å²) in [6.45, 7) is 0. The third-order valence-electron chi connectivity index (χ3n) is 1.99. The minimum atomic E-state index is -4.55.